The van der Waals surface area contributed by atoms with E-state index in [1.165, 1.54) is 5.56 Å². The largest absolute Gasteiger partial charge is 0.369 e. The lowest BCUT2D eigenvalue weighted by molar-refractivity contribution is 0.606. The molecule has 5 nitrogen and oxygen atoms in total. The zero-order chi connectivity index (χ0) is 15.2. The Kier molecular flexibility index (Phi) is 5.09. The fourth-order valence-electron chi connectivity index (χ4n) is 2.00. The van der Waals surface area contributed by atoms with Crippen molar-refractivity contribution in [3.63, 3.8) is 0 Å². The Morgan fingerprint density at radius 1 is 1.19 bits per heavy atom. The Hall–Kier alpha value is -2.17. The first-order chi connectivity index (χ1) is 10.0. The summed E-state index contributed by atoms with van der Waals surface area (Å²) >= 11 is 0. The van der Waals surface area contributed by atoms with Crippen LogP contribution in [0.1, 0.15) is 31.4 Å². The van der Waals surface area contributed by atoms with Crippen molar-refractivity contribution in [2.75, 3.05) is 17.2 Å². The maximum atomic E-state index is 4.43. The van der Waals surface area contributed by atoms with E-state index in [1.54, 1.807) is 6.20 Å². The van der Waals surface area contributed by atoms with E-state index in [-0.39, 0.29) is 0 Å². The van der Waals surface area contributed by atoms with Crippen LogP contribution in [0.15, 0.2) is 24.4 Å². The summed E-state index contributed by atoms with van der Waals surface area (Å²) in [5.41, 5.74) is 3.40. The van der Waals surface area contributed by atoms with Gasteiger partial charge < -0.3 is 10.6 Å². The van der Waals surface area contributed by atoms with Gasteiger partial charge in [0.15, 0.2) is 5.82 Å². The summed E-state index contributed by atoms with van der Waals surface area (Å²) in [6, 6.07) is 6.22. The predicted molar refractivity (Wildman–Crippen MR) is 87.0 cm³/mol. The molecule has 0 spiro atoms. The van der Waals surface area contributed by atoms with Crippen LogP contribution in [0.3, 0.4) is 0 Å². The monoisotopic (exact) mass is 285 g/mol. The minimum atomic E-state index is 0.511. The van der Waals surface area contributed by atoms with Gasteiger partial charge in [0.05, 0.1) is 6.20 Å². The Balaban J connectivity index is 2.03. The van der Waals surface area contributed by atoms with Crippen LogP contribution < -0.4 is 10.6 Å². The van der Waals surface area contributed by atoms with E-state index in [9.17, 15) is 0 Å². The molecule has 0 aliphatic heterocycles. The third kappa shape index (κ3) is 4.70. The summed E-state index contributed by atoms with van der Waals surface area (Å²) in [6.07, 6.45) is 2.75. The first-order valence-corrected chi connectivity index (χ1v) is 7.32. The summed E-state index contributed by atoms with van der Waals surface area (Å²) < 4.78 is 0. The van der Waals surface area contributed by atoms with Gasteiger partial charge in [0.25, 0.3) is 0 Å². The molecule has 2 aromatic rings. The molecule has 2 N–H and O–H groups in total. The minimum Gasteiger partial charge on any atom is -0.369 e. The molecule has 0 aliphatic rings. The molecule has 1 heterocycles. The van der Waals surface area contributed by atoms with Crippen molar-refractivity contribution in [2.45, 2.75) is 34.1 Å². The number of anilines is 3. The molecule has 0 radical (unpaired) electrons. The van der Waals surface area contributed by atoms with E-state index < -0.39 is 0 Å². The highest BCUT2D eigenvalue weighted by Gasteiger charge is 2.04. The van der Waals surface area contributed by atoms with E-state index in [0.29, 0.717) is 11.9 Å². The molecule has 112 valence electrons. The summed E-state index contributed by atoms with van der Waals surface area (Å²) in [5, 5.41) is 14.5. The third-order valence-corrected chi connectivity index (χ3v) is 3.22. The van der Waals surface area contributed by atoms with Crippen LogP contribution in [-0.2, 0) is 0 Å². The quantitative estimate of drug-likeness (QED) is 0.847. The molecule has 0 saturated heterocycles. The number of aromatic nitrogens is 3. The number of hydrogen-bond donors (Lipinski definition) is 2. The zero-order valence-electron chi connectivity index (χ0n) is 13.1. The number of nitrogens with zero attached hydrogens (tertiary/aromatic N) is 3. The first kappa shape index (κ1) is 15.2. The van der Waals surface area contributed by atoms with Crippen molar-refractivity contribution in [1.29, 1.82) is 0 Å². The second kappa shape index (κ2) is 7.02. The molecule has 1 aromatic heterocycles. The van der Waals surface area contributed by atoms with Gasteiger partial charge in [-0.3, -0.25) is 0 Å². The van der Waals surface area contributed by atoms with Gasteiger partial charge in [-0.15, -0.1) is 5.10 Å². The van der Waals surface area contributed by atoms with Gasteiger partial charge >= 0.3 is 0 Å². The second-order valence-electron chi connectivity index (χ2n) is 5.72. The topological polar surface area (TPSA) is 62.7 Å². The molecular formula is C16H23N5. The molecule has 0 atom stereocenters. The molecule has 21 heavy (non-hydrogen) atoms. The number of nitrogens with one attached hydrogen (secondary N) is 2. The van der Waals surface area contributed by atoms with Gasteiger partial charge in [0.1, 0.15) is 0 Å². The summed E-state index contributed by atoms with van der Waals surface area (Å²) in [5.74, 6) is 1.93. The van der Waals surface area contributed by atoms with E-state index in [0.717, 1.165) is 30.0 Å². The minimum absolute atomic E-state index is 0.511. The van der Waals surface area contributed by atoms with Crippen molar-refractivity contribution in [2.24, 2.45) is 5.92 Å². The second-order valence-corrected chi connectivity index (χ2v) is 5.72. The first-order valence-electron chi connectivity index (χ1n) is 7.32. The molecule has 0 unspecified atom stereocenters. The average Bonchev–Trinajstić information content (AvgIpc) is 2.42. The molecule has 0 amide bonds. The van der Waals surface area contributed by atoms with Crippen molar-refractivity contribution < 1.29 is 0 Å². The molecule has 0 aliphatic carbocycles. The summed E-state index contributed by atoms with van der Waals surface area (Å²) in [7, 11) is 0. The van der Waals surface area contributed by atoms with E-state index in [1.807, 2.05) is 6.07 Å². The van der Waals surface area contributed by atoms with Crippen LogP contribution in [0.25, 0.3) is 0 Å². The summed E-state index contributed by atoms with van der Waals surface area (Å²) in [6.45, 7) is 9.43. The van der Waals surface area contributed by atoms with Crippen LogP contribution in [0.5, 0.6) is 0 Å². The maximum absolute atomic E-state index is 4.43. The van der Waals surface area contributed by atoms with E-state index >= 15 is 0 Å². The SMILES string of the molecule is Cc1ccc(Nc2nncc(NCCC(C)C)n2)c(C)c1. The fraction of sp³-hybridized carbons (Fsp3) is 0.438. The Morgan fingerprint density at radius 3 is 2.71 bits per heavy atom. The standard InChI is InChI=1S/C16H23N5/c1-11(2)7-8-17-15-10-18-21-16(20-15)19-14-6-5-12(3)9-13(14)4/h5-6,9-11H,7-8H2,1-4H3,(H2,17,19,20,21). The van der Waals surface area contributed by atoms with Crippen LogP contribution >= 0.6 is 0 Å². The van der Waals surface area contributed by atoms with Crippen molar-refractivity contribution in [3.8, 4) is 0 Å². The highest BCUT2D eigenvalue weighted by atomic mass is 15.3. The lowest BCUT2D eigenvalue weighted by atomic mass is 10.1. The third-order valence-electron chi connectivity index (χ3n) is 3.22. The van der Waals surface area contributed by atoms with Crippen LogP contribution in [0.4, 0.5) is 17.5 Å². The number of aryl methyl sites for hydroxylation is 2. The van der Waals surface area contributed by atoms with Crippen molar-refractivity contribution >= 4 is 17.5 Å². The van der Waals surface area contributed by atoms with Gasteiger partial charge in [0.2, 0.25) is 5.95 Å². The smallest absolute Gasteiger partial charge is 0.249 e. The van der Waals surface area contributed by atoms with E-state index in [4.69, 9.17) is 0 Å². The lowest BCUT2D eigenvalue weighted by Crippen LogP contribution is -2.08. The highest BCUT2D eigenvalue weighted by Crippen LogP contribution is 2.19. The Labute approximate surface area is 126 Å². The number of benzene rings is 1. The molecule has 0 fully saturated rings. The molecule has 0 saturated carbocycles. The van der Waals surface area contributed by atoms with Gasteiger partial charge in [-0.05, 0) is 37.8 Å². The Bertz CT molecular complexity index is 595. The number of hydrogen-bond acceptors (Lipinski definition) is 5. The van der Waals surface area contributed by atoms with Gasteiger partial charge in [-0.25, -0.2) is 0 Å². The zero-order valence-corrected chi connectivity index (χ0v) is 13.1. The Morgan fingerprint density at radius 2 is 2.00 bits per heavy atom. The maximum Gasteiger partial charge on any atom is 0.249 e. The van der Waals surface area contributed by atoms with E-state index in [2.05, 4.69) is 65.6 Å². The van der Waals surface area contributed by atoms with Crippen molar-refractivity contribution in [1.82, 2.24) is 15.2 Å². The average molecular weight is 285 g/mol. The molecule has 2 rings (SSSR count). The van der Waals surface area contributed by atoms with Crippen molar-refractivity contribution in [3.05, 3.63) is 35.5 Å². The summed E-state index contributed by atoms with van der Waals surface area (Å²) in [4.78, 5) is 4.43. The van der Waals surface area contributed by atoms with Crippen LogP contribution in [0, 0.1) is 19.8 Å². The van der Waals surface area contributed by atoms with Gasteiger partial charge in [-0.1, -0.05) is 31.5 Å². The molecule has 0 bridgehead atoms. The van der Waals surface area contributed by atoms with Crippen LogP contribution in [-0.4, -0.2) is 21.7 Å². The number of rotatable bonds is 6. The van der Waals surface area contributed by atoms with Gasteiger partial charge in [-0.2, -0.15) is 10.1 Å². The molecule has 1 aromatic carbocycles. The fourth-order valence-corrected chi connectivity index (χ4v) is 2.00. The normalized spacial score (nSPS) is 10.7. The van der Waals surface area contributed by atoms with Gasteiger partial charge in [0, 0.05) is 12.2 Å². The lowest BCUT2D eigenvalue weighted by Gasteiger charge is -2.10. The highest BCUT2D eigenvalue weighted by molar-refractivity contribution is 5.59. The van der Waals surface area contributed by atoms with Crippen LogP contribution in [0.2, 0.25) is 0 Å². The predicted octanol–water partition coefficient (Wildman–Crippen LogP) is 3.69. The molecule has 5 heteroatoms. The molecular weight excluding hydrogens is 262 g/mol.